The third-order valence-corrected chi connectivity index (χ3v) is 8.93. The summed E-state index contributed by atoms with van der Waals surface area (Å²) in [6.45, 7) is 4.16. The van der Waals surface area contributed by atoms with Crippen LogP contribution in [-0.2, 0) is 23.4 Å². The van der Waals surface area contributed by atoms with Crippen LogP contribution in [0.2, 0.25) is 5.02 Å². The Kier molecular flexibility index (Phi) is 8.64. The molecule has 1 heterocycles. The van der Waals surface area contributed by atoms with Crippen molar-refractivity contribution in [2.75, 3.05) is 17.6 Å². The summed E-state index contributed by atoms with van der Waals surface area (Å²) in [5.41, 5.74) is 1.80. The van der Waals surface area contributed by atoms with Gasteiger partial charge in [-0.05, 0) is 52.7 Å². The molecule has 0 bridgehead atoms. The maximum atomic E-state index is 13.7. The van der Waals surface area contributed by atoms with Gasteiger partial charge in [-0.1, -0.05) is 61.8 Å². The zero-order chi connectivity index (χ0) is 27.3. The molecule has 0 aliphatic carbocycles. The monoisotopic (exact) mass is 553 g/mol. The summed E-state index contributed by atoms with van der Waals surface area (Å²) in [6.07, 6.45) is 2.81. The van der Waals surface area contributed by atoms with Gasteiger partial charge in [-0.25, -0.2) is 8.89 Å². The standard InChI is InChI=1S/C29H32ClN3O4S/c1-5-15-38(35,16-6-2)32-27-25(36-4)14-13-23(26(27)30)28(34)24-18-31-33(3)29(24)37-19-20-11-12-21-9-7-8-10-22(21)17-20/h7-15,17-18H,5-6,16,19H2,1-4H3,(H,32,35). The normalized spacial score (nSPS) is 12.7. The summed E-state index contributed by atoms with van der Waals surface area (Å²) in [4.78, 5) is 13.7. The third kappa shape index (κ3) is 5.81. The molecule has 9 heteroatoms. The SMILES string of the molecule is CCC=S(=O)(CCC)Nc1c(OC)ccc(C(=O)c2cnn(C)c2OCc2ccc3ccccc3c2)c1Cl. The molecule has 38 heavy (non-hydrogen) atoms. The number of ether oxygens (including phenoxy) is 2. The maximum Gasteiger partial charge on any atom is 0.223 e. The number of benzene rings is 3. The van der Waals surface area contributed by atoms with Gasteiger partial charge in [0.2, 0.25) is 11.7 Å². The maximum absolute atomic E-state index is 13.7. The minimum atomic E-state index is -2.56. The first-order valence-corrected chi connectivity index (χ1v) is 14.6. The molecule has 4 aromatic rings. The molecule has 1 N–H and O–H groups in total. The van der Waals surface area contributed by atoms with Crippen molar-refractivity contribution in [2.45, 2.75) is 33.3 Å². The summed E-state index contributed by atoms with van der Waals surface area (Å²) in [5, 5.41) is 8.39. The van der Waals surface area contributed by atoms with E-state index in [0.29, 0.717) is 35.9 Å². The van der Waals surface area contributed by atoms with Crippen LogP contribution in [-0.4, -0.2) is 38.0 Å². The highest BCUT2D eigenvalue weighted by atomic mass is 35.5. The Morgan fingerprint density at radius 3 is 2.58 bits per heavy atom. The number of carbonyl (C=O) groups excluding carboxylic acids is 1. The molecule has 0 spiro atoms. The summed E-state index contributed by atoms with van der Waals surface area (Å²) < 4.78 is 29.7. The second-order valence-electron chi connectivity index (χ2n) is 8.90. The first-order chi connectivity index (χ1) is 18.3. The van der Waals surface area contributed by atoms with Crippen molar-refractivity contribution in [1.29, 1.82) is 0 Å². The molecule has 0 amide bonds. The van der Waals surface area contributed by atoms with Gasteiger partial charge < -0.3 is 14.2 Å². The molecule has 4 rings (SSSR count). The lowest BCUT2D eigenvalue weighted by atomic mass is 10.0. The van der Waals surface area contributed by atoms with Gasteiger partial charge in [0.15, 0.2) is 0 Å². The molecule has 0 radical (unpaired) electrons. The van der Waals surface area contributed by atoms with Crippen LogP contribution in [0.3, 0.4) is 0 Å². The topological polar surface area (TPSA) is 82.5 Å². The summed E-state index contributed by atoms with van der Waals surface area (Å²) in [5.74, 6) is 0.815. The van der Waals surface area contributed by atoms with E-state index in [1.165, 1.54) is 18.0 Å². The lowest BCUT2D eigenvalue weighted by molar-refractivity contribution is 0.103. The highest BCUT2D eigenvalue weighted by molar-refractivity contribution is 8.02. The van der Waals surface area contributed by atoms with Crippen LogP contribution < -0.4 is 14.2 Å². The van der Waals surface area contributed by atoms with Gasteiger partial charge in [0.1, 0.15) is 23.6 Å². The van der Waals surface area contributed by atoms with E-state index in [9.17, 15) is 9.00 Å². The number of nitrogens with zero attached hydrogens (tertiary/aromatic N) is 2. The van der Waals surface area contributed by atoms with Crippen LogP contribution in [0.25, 0.3) is 10.8 Å². The predicted molar refractivity (Wildman–Crippen MR) is 156 cm³/mol. The van der Waals surface area contributed by atoms with Crippen LogP contribution >= 0.6 is 11.6 Å². The Hall–Kier alpha value is -3.49. The molecule has 200 valence electrons. The molecule has 7 nitrogen and oxygen atoms in total. The van der Waals surface area contributed by atoms with Crippen molar-refractivity contribution >= 4 is 48.9 Å². The number of nitrogens with one attached hydrogen (secondary N) is 1. The number of aryl methyl sites for hydroxylation is 1. The highest BCUT2D eigenvalue weighted by Crippen LogP contribution is 2.38. The number of ketones is 1. The van der Waals surface area contributed by atoms with E-state index >= 15 is 0 Å². The first-order valence-electron chi connectivity index (χ1n) is 12.5. The number of rotatable bonds is 11. The van der Waals surface area contributed by atoms with Crippen molar-refractivity contribution in [2.24, 2.45) is 7.05 Å². The molecule has 1 aromatic heterocycles. The van der Waals surface area contributed by atoms with E-state index in [0.717, 1.165) is 16.3 Å². The second-order valence-corrected chi connectivity index (χ2v) is 11.7. The van der Waals surface area contributed by atoms with E-state index < -0.39 is 9.71 Å². The van der Waals surface area contributed by atoms with Crippen molar-refractivity contribution in [3.05, 3.63) is 82.5 Å². The lowest BCUT2D eigenvalue weighted by Gasteiger charge is -2.19. The van der Waals surface area contributed by atoms with Crippen LogP contribution in [0.15, 0.2) is 60.8 Å². The van der Waals surface area contributed by atoms with Crippen LogP contribution in [0, 0.1) is 0 Å². The Bertz CT molecular complexity index is 1590. The number of carbonyl (C=O) groups is 1. The summed E-state index contributed by atoms with van der Waals surface area (Å²) >= 11 is 6.76. The zero-order valence-electron chi connectivity index (χ0n) is 22.0. The van der Waals surface area contributed by atoms with Crippen LogP contribution in [0.5, 0.6) is 11.6 Å². The van der Waals surface area contributed by atoms with Crippen molar-refractivity contribution in [3.8, 4) is 11.6 Å². The van der Waals surface area contributed by atoms with Crippen molar-refractivity contribution < 1.29 is 18.5 Å². The molecular weight excluding hydrogens is 522 g/mol. The number of fused-ring (bicyclic) bond motifs is 1. The van der Waals surface area contributed by atoms with E-state index in [1.54, 1.807) is 24.5 Å². The number of anilines is 1. The molecule has 1 atom stereocenters. The van der Waals surface area contributed by atoms with Gasteiger partial charge in [0.25, 0.3) is 0 Å². The number of halogens is 1. The average molecular weight is 554 g/mol. The quantitative estimate of drug-likeness (QED) is 0.175. The minimum absolute atomic E-state index is 0.131. The third-order valence-electron chi connectivity index (χ3n) is 6.10. The second kappa shape index (κ2) is 11.9. The van der Waals surface area contributed by atoms with E-state index in [2.05, 4.69) is 22.0 Å². The van der Waals surface area contributed by atoms with Gasteiger partial charge >= 0.3 is 0 Å². The van der Waals surface area contributed by atoms with E-state index in [1.807, 2.05) is 44.2 Å². The molecule has 0 aliphatic rings. The number of hydrogen-bond donors (Lipinski definition) is 1. The Morgan fingerprint density at radius 2 is 1.87 bits per heavy atom. The fourth-order valence-corrected chi connectivity index (χ4v) is 6.69. The Labute approximate surface area is 228 Å². The molecule has 3 aromatic carbocycles. The predicted octanol–water partition coefficient (Wildman–Crippen LogP) is 6.28. The number of hydrogen-bond acceptors (Lipinski definition) is 5. The van der Waals surface area contributed by atoms with Gasteiger partial charge in [-0.3, -0.25) is 4.79 Å². The van der Waals surface area contributed by atoms with Gasteiger partial charge in [-0.15, -0.1) is 0 Å². The van der Waals surface area contributed by atoms with E-state index in [-0.39, 0.29) is 28.5 Å². The lowest BCUT2D eigenvalue weighted by Crippen LogP contribution is -2.20. The van der Waals surface area contributed by atoms with Crippen molar-refractivity contribution in [3.63, 3.8) is 0 Å². The molecule has 0 saturated heterocycles. The minimum Gasteiger partial charge on any atom is -0.495 e. The smallest absolute Gasteiger partial charge is 0.223 e. The molecule has 0 aliphatic heterocycles. The highest BCUT2D eigenvalue weighted by Gasteiger charge is 2.25. The first kappa shape index (κ1) is 27.5. The molecule has 0 saturated carbocycles. The fraction of sp³-hybridized carbons (Fsp3) is 0.276. The fourth-order valence-electron chi connectivity index (χ4n) is 4.30. The molecular formula is C29H32ClN3O4S. The van der Waals surface area contributed by atoms with Gasteiger partial charge in [-0.2, -0.15) is 5.10 Å². The van der Waals surface area contributed by atoms with Gasteiger partial charge in [0.05, 0.1) is 18.3 Å². The summed E-state index contributed by atoms with van der Waals surface area (Å²) in [7, 11) is 0.666. The van der Waals surface area contributed by atoms with Crippen LogP contribution in [0.4, 0.5) is 5.69 Å². The average Bonchev–Trinajstić information content (AvgIpc) is 3.28. The molecule has 0 fully saturated rings. The van der Waals surface area contributed by atoms with Crippen molar-refractivity contribution in [1.82, 2.24) is 9.78 Å². The molecule has 1 unspecified atom stereocenters. The largest absolute Gasteiger partial charge is 0.495 e. The summed E-state index contributed by atoms with van der Waals surface area (Å²) in [6, 6.07) is 17.4. The van der Waals surface area contributed by atoms with Gasteiger partial charge in [0, 0.05) is 28.1 Å². The zero-order valence-corrected chi connectivity index (χ0v) is 23.6. The number of aromatic nitrogens is 2. The Balaban J connectivity index is 1.65. The van der Waals surface area contributed by atoms with E-state index in [4.69, 9.17) is 21.1 Å². The van der Waals surface area contributed by atoms with Crippen LogP contribution in [0.1, 0.15) is 48.2 Å². The Morgan fingerprint density at radius 1 is 1.11 bits per heavy atom. The number of methoxy groups -OCH3 is 1.